The van der Waals surface area contributed by atoms with Crippen LogP contribution in [0.25, 0.3) is 11.4 Å². The van der Waals surface area contributed by atoms with E-state index < -0.39 is 0 Å². The number of likely N-dealkylation sites (tertiary alicyclic amines) is 1. The monoisotopic (exact) mass is 345 g/mol. The summed E-state index contributed by atoms with van der Waals surface area (Å²) in [5.41, 5.74) is 0.995. The maximum absolute atomic E-state index is 5.46. The summed E-state index contributed by atoms with van der Waals surface area (Å²) in [6.45, 7) is 3.59. The lowest BCUT2D eigenvalue weighted by Gasteiger charge is -2.31. The highest BCUT2D eigenvalue weighted by molar-refractivity contribution is 7.08. The number of piperidine rings is 1. The van der Waals surface area contributed by atoms with Gasteiger partial charge in [0, 0.05) is 17.4 Å². The number of hydrogen-bond donors (Lipinski definition) is 0. The van der Waals surface area contributed by atoms with Crippen molar-refractivity contribution in [1.82, 2.24) is 25.2 Å². The quantitative estimate of drug-likeness (QED) is 0.700. The van der Waals surface area contributed by atoms with Gasteiger partial charge in [-0.1, -0.05) is 23.7 Å². The van der Waals surface area contributed by atoms with E-state index in [1.165, 1.54) is 0 Å². The van der Waals surface area contributed by atoms with Crippen LogP contribution >= 0.6 is 11.3 Å². The molecule has 4 heterocycles. The molecule has 1 unspecified atom stereocenters. The van der Waals surface area contributed by atoms with Gasteiger partial charge in [0.05, 0.1) is 12.6 Å². The molecule has 1 fully saturated rings. The largest absolute Gasteiger partial charge is 0.338 e. The molecule has 0 radical (unpaired) electrons. The highest BCUT2D eigenvalue weighted by Gasteiger charge is 2.30. The molecular weight excluding hydrogens is 326 g/mol. The summed E-state index contributed by atoms with van der Waals surface area (Å²) < 4.78 is 10.9. The van der Waals surface area contributed by atoms with Gasteiger partial charge in [-0.3, -0.25) is 4.90 Å². The molecule has 0 spiro atoms. The van der Waals surface area contributed by atoms with E-state index in [0.29, 0.717) is 24.2 Å². The second-order valence-electron chi connectivity index (χ2n) is 5.91. The molecule has 0 aliphatic carbocycles. The highest BCUT2D eigenvalue weighted by atomic mass is 32.1. The minimum atomic E-state index is 0.128. The van der Waals surface area contributed by atoms with Gasteiger partial charge in [0.2, 0.25) is 17.6 Å². The topological polar surface area (TPSA) is 81.1 Å². The van der Waals surface area contributed by atoms with Gasteiger partial charge in [-0.25, -0.2) is 0 Å². The van der Waals surface area contributed by atoms with E-state index in [1.54, 1.807) is 11.3 Å². The second kappa shape index (κ2) is 6.82. The predicted octanol–water partition coefficient (Wildman–Crippen LogP) is 3.47. The molecule has 24 heavy (non-hydrogen) atoms. The first kappa shape index (κ1) is 15.5. The van der Waals surface area contributed by atoms with Gasteiger partial charge in [0.15, 0.2) is 5.82 Å². The molecule has 1 aliphatic heterocycles. The predicted molar refractivity (Wildman–Crippen MR) is 88.3 cm³/mol. The van der Waals surface area contributed by atoms with Gasteiger partial charge >= 0.3 is 0 Å². The molecule has 126 valence electrons. The summed E-state index contributed by atoms with van der Waals surface area (Å²) in [4.78, 5) is 11.3. The third-order valence-electron chi connectivity index (χ3n) is 4.28. The van der Waals surface area contributed by atoms with Crippen LogP contribution in [0.4, 0.5) is 0 Å². The molecule has 4 rings (SSSR count). The number of nitrogens with zero attached hydrogens (tertiary/aromatic N) is 5. The Hall–Kier alpha value is -2.06. The first-order valence-corrected chi connectivity index (χ1v) is 9.19. The average molecular weight is 345 g/mol. The minimum Gasteiger partial charge on any atom is -0.338 e. The van der Waals surface area contributed by atoms with Gasteiger partial charge in [0.25, 0.3) is 0 Å². The maximum Gasteiger partial charge on any atom is 0.244 e. The van der Waals surface area contributed by atoms with Crippen LogP contribution in [0.15, 0.2) is 25.9 Å². The van der Waals surface area contributed by atoms with Crippen LogP contribution in [0.5, 0.6) is 0 Å². The zero-order chi connectivity index (χ0) is 16.4. The van der Waals surface area contributed by atoms with Crippen LogP contribution in [0, 0.1) is 0 Å². The Labute approximate surface area is 143 Å². The van der Waals surface area contributed by atoms with Crippen LogP contribution in [-0.2, 0) is 13.0 Å². The van der Waals surface area contributed by atoms with E-state index in [1.807, 2.05) is 23.8 Å². The van der Waals surface area contributed by atoms with Crippen LogP contribution in [0.2, 0.25) is 0 Å². The van der Waals surface area contributed by atoms with Gasteiger partial charge in [-0.15, -0.1) is 0 Å². The number of thiophene rings is 1. The summed E-state index contributed by atoms with van der Waals surface area (Å²) in [5.74, 6) is 2.72. The van der Waals surface area contributed by atoms with Gasteiger partial charge in [-0.05, 0) is 30.8 Å². The van der Waals surface area contributed by atoms with Crippen molar-refractivity contribution in [2.24, 2.45) is 0 Å². The standard InChI is InChI=1S/C16H19N5O2S/c1-2-13-17-16(23-19-13)12-5-3-4-7-21(12)9-14-18-15(20-22-14)11-6-8-24-10-11/h6,8,10,12H,2-5,7,9H2,1H3. The fraction of sp³-hybridized carbons (Fsp3) is 0.500. The number of aryl methyl sites for hydroxylation is 1. The van der Waals surface area contributed by atoms with Crippen LogP contribution < -0.4 is 0 Å². The molecule has 0 amide bonds. The Kier molecular flexibility index (Phi) is 4.40. The van der Waals surface area contributed by atoms with Crippen molar-refractivity contribution in [3.63, 3.8) is 0 Å². The fourth-order valence-electron chi connectivity index (χ4n) is 3.01. The first-order valence-electron chi connectivity index (χ1n) is 8.25. The van der Waals surface area contributed by atoms with Crippen LogP contribution in [0.1, 0.15) is 49.8 Å². The molecule has 7 nitrogen and oxygen atoms in total. The Morgan fingerprint density at radius 2 is 2.21 bits per heavy atom. The fourth-order valence-corrected chi connectivity index (χ4v) is 3.64. The third-order valence-corrected chi connectivity index (χ3v) is 4.97. The normalized spacial score (nSPS) is 19.0. The van der Waals surface area contributed by atoms with Crippen molar-refractivity contribution in [2.75, 3.05) is 6.54 Å². The highest BCUT2D eigenvalue weighted by Crippen LogP contribution is 2.31. The Morgan fingerprint density at radius 3 is 3.00 bits per heavy atom. The summed E-state index contributed by atoms with van der Waals surface area (Å²) in [6, 6.07) is 2.12. The molecule has 8 heteroatoms. The van der Waals surface area contributed by atoms with Crippen LogP contribution in [-0.4, -0.2) is 31.7 Å². The summed E-state index contributed by atoms with van der Waals surface area (Å²) >= 11 is 1.62. The third kappa shape index (κ3) is 3.11. The van der Waals surface area contributed by atoms with E-state index in [2.05, 4.69) is 25.2 Å². The summed E-state index contributed by atoms with van der Waals surface area (Å²) in [5, 5.41) is 12.1. The van der Waals surface area contributed by atoms with Crippen molar-refractivity contribution in [2.45, 2.75) is 45.2 Å². The van der Waals surface area contributed by atoms with Crippen LogP contribution in [0.3, 0.4) is 0 Å². The SMILES string of the molecule is CCc1noc(C2CCCCN2Cc2nc(-c3ccsc3)no2)n1. The molecule has 0 saturated carbocycles. The Morgan fingerprint density at radius 1 is 1.25 bits per heavy atom. The van der Waals surface area contributed by atoms with E-state index >= 15 is 0 Å². The number of rotatable bonds is 5. The number of aromatic nitrogens is 4. The van der Waals surface area contributed by atoms with Crippen molar-refractivity contribution in [3.8, 4) is 11.4 Å². The lowest BCUT2D eigenvalue weighted by Crippen LogP contribution is -2.33. The lowest BCUT2D eigenvalue weighted by molar-refractivity contribution is 0.0986. The van der Waals surface area contributed by atoms with Crippen molar-refractivity contribution < 1.29 is 9.05 Å². The molecule has 3 aromatic heterocycles. The zero-order valence-electron chi connectivity index (χ0n) is 13.5. The first-order chi connectivity index (χ1) is 11.8. The average Bonchev–Trinajstić information content (AvgIpc) is 3.36. The molecule has 0 aromatic carbocycles. The van der Waals surface area contributed by atoms with Crippen molar-refractivity contribution in [3.05, 3.63) is 34.4 Å². The minimum absolute atomic E-state index is 0.128. The maximum atomic E-state index is 5.46. The smallest absolute Gasteiger partial charge is 0.244 e. The molecule has 0 bridgehead atoms. The van der Waals surface area contributed by atoms with Crippen molar-refractivity contribution >= 4 is 11.3 Å². The van der Waals surface area contributed by atoms with E-state index in [9.17, 15) is 0 Å². The van der Waals surface area contributed by atoms with Gasteiger partial charge < -0.3 is 9.05 Å². The second-order valence-corrected chi connectivity index (χ2v) is 6.69. The zero-order valence-corrected chi connectivity index (χ0v) is 14.3. The van der Waals surface area contributed by atoms with Gasteiger partial charge in [0.1, 0.15) is 0 Å². The number of hydrogen-bond acceptors (Lipinski definition) is 8. The molecule has 0 N–H and O–H groups in total. The van der Waals surface area contributed by atoms with Crippen molar-refractivity contribution in [1.29, 1.82) is 0 Å². The molecule has 1 atom stereocenters. The Bertz CT molecular complexity index is 782. The molecule has 3 aromatic rings. The summed E-state index contributed by atoms with van der Waals surface area (Å²) in [6.07, 6.45) is 4.10. The van der Waals surface area contributed by atoms with Gasteiger partial charge in [-0.2, -0.15) is 21.3 Å². The summed E-state index contributed by atoms with van der Waals surface area (Å²) in [7, 11) is 0. The van der Waals surface area contributed by atoms with E-state index in [4.69, 9.17) is 9.05 Å². The van der Waals surface area contributed by atoms with E-state index in [-0.39, 0.29) is 6.04 Å². The Balaban J connectivity index is 1.51. The molecule has 1 aliphatic rings. The lowest BCUT2D eigenvalue weighted by atomic mass is 10.0. The molecular formula is C16H19N5O2S. The molecule has 1 saturated heterocycles. The van der Waals surface area contributed by atoms with E-state index in [0.717, 1.165) is 43.6 Å².